The first-order chi connectivity index (χ1) is 6.25. The molecule has 0 atom stereocenters. The van der Waals surface area contributed by atoms with Crippen molar-refractivity contribution < 1.29 is 9.28 Å². The van der Waals surface area contributed by atoms with Crippen molar-refractivity contribution in [2.24, 2.45) is 10.9 Å². The average molecular weight is 179 g/mol. The van der Waals surface area contributed by atoms with Gasteiger partial charge in [-0.25, -0.2) is 0 Å². The smallest absolute Gasteiger partial charge is 0.307 e. The molecule has 1 aromatic carbocycles. The van der Waals surface area contributed by atoms with Crippen LogP contribution in [0.4, 0.5) is 10.2 Å². The predicted molar refractivity (Wildman–Crippen MR) is 45.8 cm³/mol. The number of rotatable bonds is 0. The Kier molecular flexibility index (Phi) is 1.51. The van der Waals surface area contributed by atoms with E-state index in [1.54, 1.807) is 18.2 Å². The average Bonchev–Trinajstić information content (AvgIpc) is 2.41. The van der Waals surface area contributed by atoms with Gasteiger partial charge in [-0.3, -0.25) is 4.79 Å². The van der Waals surface area contributed by atoms with Gasteiger partial charge in [-0.2, -0.15) is 5.10 Å². The Morgan fingerprint density at radius 3 is 2.77 bits per heavy atom. The Labute approximate surface area is 73.4 Å². The third-order valence-electron chi connectivity index (χ3n) is 1.88. The lowest BCUT2D eigenvalue weighted by Crippen LogP contribution is -2.22. The number of nitrogens with two attached hydrogens (primary N) is 1. The third-order valence-corrected chi connectivity index (χ3v) is 1.88. The lowest BCUT2D eigenvalue weighted by molar-refractivity contribution is -0.114. The quantitative estimate of drug-likeness (QED) is 0.360. The molecule has 1 heterocycles. The van der Waals surface area contributed by atoms with Gasteiger partial charge in [0.15, 0.2) is 5.71 Å². The van der Waals surface area contributed by atoms with Crippen molar-refractivity contribution in [1.29, 1.82) is 0 Å². The van der Waals surface area contributed by atoms with Crippen molar-refractivity contribution in [1.82, 2.24) is 0 Å². The molecule has 1 aliphatic rings. The minimum Gasteiger partial charge on any atom is -0.322 e. The maximum Gasteiger partial charge on any atom is 0.307 e. The number of nitrogens with zero attached hydrogens (tertiary/aromatic N) is 2. The van der Waals surface area contributed by atoms with Crippen LogP contribution in [-0.4, -0.2) is 11.6 Å². The zero-order valence-corrected chi connectivity index (χ0v) is 6.57. The number of carbonyl (C=O) groups is 1. The Balaban J connectivity index is 2.67. The van der Waals surface area contributed by atoms with E-state index in [-0.39, 0.29) is 16.5 Å². The van der Waals surface area contributed by atoms with Gasteiger partial charge in [-0.15, -0.1) is 5.12 Å². The van der Waals surface area contributed by atoms with Gasteiger partial charge in [0.2, 0.25) is 0 Å². The van der Waals surface area contributed by atoms with Gasteiger partial charge in [0, 0.05) is 5.56 Å². The highest BCUT2D eigenvalue weighted by molar-refractivity contribution is 6.53. The summed E-state index contributed by atoms with van der Waals surface area (Å²) >= 11 is 0. The van der Waals surface area contributed by atoms with E-state index in [4.69, 9.17) is 5.84 Å². The van der Waals surface area contributed by atoms with Crippen LogP contribution in [0.25, 0.3) is 0 Å². The molecule has 5 heteroatoms. The van der Waals surface area contributed by atoms with Crippen LogP contribution in [0.5, 0.6) is 0 Å². The summed E-state index contributed by atoms with van der Waals surface area (Å²) in [4.78, 5) is 11.1. The van der Waals surface area contributed by atoms with Gasteiger partial charge >= 0.3 is 5.91 Å². The number of carbonyl (C=O) groups excluding carboxylic acids is 1. The molecule has 2 N–H and O–H groups in total. The molecule has 0 fully saturated rings. The van der Waals surface area contributed by atoms with Crippen molar-refractivity contribution in [3.8, 4) is 0 Å². The predicted octanol–water partition coefficient (Wildman–Crippen LogP) is 0.581. The number of amides is 1. The van der Waals surface area contributed by atoms with Crippen LogP contribution < -0.4 is 11.0 Å². The molecule has 66 valence electrons. The summed E-state index contributed by atoms with van der Waals surface area (Å²) in [5.74, 6) is 4.16. The number of anilines is 1. The molecule has 2 rings (SSSR count). The molecule has 1 aliphatic heterocycles. The van der Waals surface area contributed by atoms with E-state index in [1.807, 2.05) is 0 Å². The molecule has 0 aromatic heterocycles. The van der Waals surface area contributed by atoms with E-state index in [0.29, 0.717) is 5.56 Å². The first kappa shape index (κ1) is 7.72. The van der Waals surface area contributed by atoms with Crippen LogP contribution in [0.3, 0.4) is 0 Å². The van der Waals surface area contributed by atoms with Crippen LogP contribution in [0.2, 0.25) is 0 Å². The van der Waals surface area contributed by atoms with Crippen LogP contribution in [0.1, 0.15) is 5.56 Å². The number of fused-ring (bicyclic) bond motifs is 1. The summed E-state index contributed by atoms with van der Waals surface area (Å²) in [6.07, 6.45) is 0. The fraction of sp³-hybridized carbons (Fsp3) is 0. The fourth-order valence-corrected chi connectivity index (χ4v) is 1.29. The molecule has 1 amide bonds. The number of halogens is 1. The van der Waals surface area contributed by atoms with Crippen LogP contribution in [-0.2, 0) is 4.79 Å². The number of hydrogen-bond donors (Lipinski definition) is 1. The molecule has 0 spiro atoms. The van der Waals surface area contributed by atoms with E-state index >= 15 is 0 Å². The SMILES string of the molecule is NN=C1C(=O)N(F)c2ccccc21. The van der Waals surface area contributed by atoms with Crippen molar-refractivity contribution in [3.63, 3.8) is 0 Å². The topological polar surface area (TPSA) is 58.7 Å². The summed E-state index contributed by atoms with van der Waals surface area (Å²) in [7, 11) is 0. The molecule has 0 aliphatic carbocycles. The van der Waals surface area contributed by atoms with Crippen molar-refractivity contribution in [2.75, 3.05) is 5.12 Å². The Morgan fingerprint density at radius 1 is 1.38 bits per heavy atom. The zero-order chi connectivity index (χ0) is 9.42. The standard InChI is InChI=1S/C8H6FN3O/c9-12-6-4-2-1-3-5(6)7(11-10)8(12)13/h1-4H,10H2. The first-order valence-electron chi connectivity index (χ1n) is 3.63. The van der Waals surface area contributed by atoms with E-state index in [0.717, 1.165) is 0 Å². The molecular formula is C8H6FN3O. The highest BCUT2D eigenvalue weighted by atomic mass is 19.2. The van der Waals surface area contributed by atoms with E-state index < -0.39 is 5.91 Å². The number of hydrogen-bond acceptors (Lipinski definition) is 3. The summed E-state index contributed by atoms with van der Waals surface area (Å²) < 4.78 is 13.1. The van der Waals surface area contributed by atoms with Gasteiger partial charge in [0.1, 0.15) is 0 Å². The largest absolute Gasteiger partial charge is 0.322 e. The van der Waals surface area contributed by atoms with Crippen LogP contribution in [0.15, 0.2) is 29.4 Å². The third kappa shape index (κ3) is 0.900. The Hall–Kier alpha value is -1.91. The van der Waals surface area contributed by atoms with Crippen molar-refractivity contribution in [3.05, 3.63) is 29.8 Å². The highest BCUT2D eigenvalue weighted by Crippen LogP contribution is 2.28. The number of para-hydroxylation sites is 1. The molecule has 13 heavy (non-hydrogen) atoms. The molecular weight excluding hydrogens is 173 g/mol. The van der Waals surface area contributed by atoms with Crippen LogP contribution in [0, 0.1) is 0 Å². The molecule has 1 aromatic rings. The lowest BCUT2D eigenvalue weighted by Gasteiger charge is -2.00. The first-order valence-corrected chi connectivity index (χ1v) is 3.63. The minimum atomic E-state index is -0.816. The molecule has 4 nitrogen and oxygen atoms in total. The number of benzene rings is 1. The van der Waals surface area contributed by atoms with Gasteiger partial charge in [0.05, 0.1) is 5.69 Å². The Morgan fingerprint density at radius 2 is 2.08 bits per heavy atom. The second-order valence-corrected chi connectivity index (χ2v) is 2.58. The summed E-state index contributed by atoms with van der Waals surface area (Å²) in [5, 5.41) is 3.29. The van der Waals surface area contributed by atoms with E-state index in [2.05, 4.69) is 5.10 Å². The fourth-order valence-electron chi connectivity index (χ4n) is 1.29. The maximum absolute atomic E-state index is 13.1. The van der Waals surface area contributed by atoms with Gasteiger partial charge < -0.3 is 5.84 Å². The highest BCUT2D eigenvalue weighted by Gasteiger charge is 2.34. The molecule has 0 saturated carbocycles. The van der Waals surface area contributed by atoms with Crippen molar-refractivity contribution >= 4 is 17.3 Å². The second-order valence-electron chi connectivity index (χ2n) is 2.58. The molecule has 0 unspecified atom stereocenters. The summed E-state index contributed by atoms with van der Waals surface area (Å²) in [5.41, 5.74) is 0.576. The van der Waals surface area contributed by atoms with Gasteiger partial charge in [0.25, 0.3) is 0 Å². The van der Waals surface area contributed by atoms with Crippen molar-refractivity contribution in [2.45, 2.75) is 0 Å². The minimum absolute atomic E-state index is 0.0427. The molecule has 0 bridgehead atoms. The Bertz CT molecular complexity index is 402. The maximum atomic E-state index is 13.1. The van der Waals surface area contributed by atoms with Crippen LogP contribution >= 0.6 is 0 Å². The zero-order valence-electron chi connectivity index (χ0n) is 6.57. The van der Waals surface area contributed by atoms with Gasteiger partial charge in [-0.05, 0) is 6.07 Å². The lowest BCUT2D eigenvalue weighted by atomic mass is 10.1. The van der Waals surface area contributed by atoms with E-state index in [1.165, 1.54) is 6.07 Å². The second kappa shape index (κ2) is 2.55. The summed E-state index contributed by atoms with van der Waals surface area (Å²) in [6.45, 7) is 0. The molecule has 0 radical (unpaired) electrons. The molecule has 0 saturated heterocycles. The van der Waals surface area contributed by atoms with Gasteiger partial charge in [-0.1, -0.05) is 22.7 Å². The van der Waals surface area contributed by atoms with E-state index in [9.17, 15) is 9.28 Å². The monoisotopic (exact) mass is 179 g/mol. The number of hydrazone groups is 1. The summed E-state index contributed by atoms with van der Waals surface area (Å²) in [6, 6.07) is 6.42. The normalized spacial score (nSPS) is 18.1.